The van der Waals surface area contributed by atoms with Crippen molar-refractivity contribution < 1.29 is 22.7 Å². The normalized spacial score (nSPS) is 21.0. The zero-order valence-electron chi connectivity index (χ0n) is 14.4. The molecule has 2 saturated heterocycles. The fourth-order valence-electron chi connectivity index (χ4n) is 3.10. The Morgan fingerprint density at radius 2 is 2.08 bits per heavy atom. The molecule has 0 aliphatic carbocycles. The summed E-state index contributed by atoms with van der Waals surface area (Å²) in [7, 11) is -3.69. The maximum absolute atomic E-state index is 12.8. The lowest BCUT2D eigenvalue weighted by Crippen LogP contribution is -2.35. The first kappa shape index (κ1) is 19.4. The topological polar surface area (TPSA) is 84.9 Å². The average molecular weight is 403 g/mol. The molecule has 0 spiro atoms. The zero-order chi connectivity index (χ0) is 18.6. The zero-order valence-corrected chi connectivity index (χ0v) is 16.0. The van der Waals surface area contributed by atoms with E-state index in [1.165, 1.54) is 16.4 Å². The van der Waals surface area contributed by atoms with Crippen molar-refractivity contribution in [3.05, 3.63) is 23.2 Å². The Balaban J connectivity index is 1.64. The van der Waals surface area contributed by atoms with Gasteiger partial charge in [0.1, 0.15) is 10.6 Å². The summed E-state index contributed by atoms with van der Waals surface area (Å²) in [5.41, 5.74) is 0. The van der Waals surface area contributed by atoms with E-state index in [9.17, 15) is 13.2 Å². The Kier molecular flexibility index (Phi) is 6.39. The first-order valence-corrected chi connectivity index (χ1v) is 10.6. The standard InChI is InChI=1S/C17H23ClN2O5S/c18-13-5-6-15(16(10-13)26(22,23)20-7-1-2-8-20)25-12-17(21)19-11-14-4-3-9-24-14/h5-6,10,14H,1-4,7-9,11-12H2,(H,19,21)/t14-/m0/s1. The van der Waals surface area contributed by atoms with Crippen LogP contribution in [0.4, 0.5) is 0 Å². The van der Waals surface area contributed by atoms with Gasteiger partial charge in [0.2, 0.25) is 10.0 Å². The van der Waals surface area contributed by atoms with Gasteiger partial charge in [0.25, 0.3) is 5.91 Å². The van der Waals surface area contributed by atoms with Gasteiger partial charge >= 0.3 is 0 Å². The molecule has 2 aliphatic heterocycles. The summed E-state index contributed by atoms with van der Waals surface area (Å²) in [6.45, 7) is 1.85. The second kappa shape index (κ2) is 8.56. The molecule has 26 heavy (non-hydrogen) atoms. The predicted molar refractivity (Wildman–Crippen MR) is 96.9 cm³/mol. The van der Waals surface area contributed by atoms with Crippen LogP contribution >= 0.6 is 11.6 Å². The van der Waals surface area contributed by atoms with Crippen molar-refractivity contribution in [2.45, 2.75) is 36.7 Å². The molecule has 0 radical (unpaired) electrons. The van der Waals surface area contributed by atoms with Crippen molar-refractivity contribution in [2.75, 3.05) is 32.8 Å². The van der Waals surface area contributed by atoms with E-state index in [1.54, 1.807) is 6.07 Å². The highest BCUT2D eigenvalue weighted by Gasteiger charge is 2.30. The summed E-state index contributed by atoms with van der Waals surface area (Å²) in [4.78, 5) is 12.0. The minimum absolute atomic E-state index is 0.00109. The molecule has 1 amide bonds. The number of rotatable bonds is 7. The van der Waals surface area contributed by atoms with Gasteiger partial charge < -0.3 is 14.8 Å². The third-order valence-electron chi connectivity index (χ3n) is 4.50. The molecule has 1 atom stereocenters. The summed E-state index contributed by atoms with van der Waals surface area (Å²) in [5, 5.41) is 3.05. The molecule has 0 bridgehead atoms. The lowest BCUT2D eigenvalue weighted by atomic mass is 10.2. The summed E-state index contributed by atoms with van der Waals surface area (Å²) in [6.07, 6.45) is 3.64. The van der Waals surface area contributed by atoms with Crippen LogP contribution in [0.2, 0.25) is 5.02 Å². The highest BCUT2D eigenvalue weighted by atomic mass is 35.5. The summed E-state index contributed by atoms with van der Waals surface area (Å²) in [5.74, 6) is -0.187. The quantitative estimate of drug-likeness (QED) is 0.751. The van der Waals surface area contributed by atoms with Gasteiger partial charge in [-0.1, -0.05) is 11.6 Å². The molecule has 0 unspecified atom stereocenters. The minimum Gasteiger partial charge on any atom is -0.482 e. The van der Waals surface area contributed by atoms with Gasteiger partial charge in [0.05, 0.1) is 6.10 Å². The molecule has 2 aliphatic rings. The van der Waals surface area contributed by atoms with E-state index >= 15 is 0 Å². The van der Waals surface area contributed by atoms with Crippen molar-refractivity contribution in [1.82, 2.24) is 9.62 Å². The number of nitrogens with zero attached hydrogens (tertiary/aromatic N) is 1. The number of hydrogen-bond donors (Lipinski definition) is 1. The first-order chi connectivity index (χ1) is 12.5. The van der Waals surface area contributed by atoms with Crippen LogP contribution in [0.25, 0.3) is 0 Å². The van der Waals surface area contributed by atoms with Crippen LogP contribution in [0.5, 0.6) is 5.75 Å². The Morgan fingerprint density at radius 1 is 1.31 bits per heavy atom. The Bertz CT molecular complexity index is 744. The number of amides is 1. The monoisotopic (exact) mass is 402 g/mol. The van der Waals surface area contributed by atoms with Gasteiger partial charge in [-0.25, -0.2) is 8.42 Å². The van der Waals surface area contributed by atoms with Crippen LogP contribution in [0, 0.1) is 0 Å². The van der Waals surface area contributed by atoms with Crippen LogP contribution in [0.15, 0.2) is 23.1 Å². The number of halogens is 1. The summed E-state index contributed by atoms with van der Waals surface area (Å²) in [6, 6.07) is 4.40. The van der Waals surface area contributed by atoms with E-state index < -0.39 is 10.0 Å². The van der Waals surface area contributed by atoms with Crippen molar-refractivity contribution in [3.63, 3.8) is 0 Å². The van der Waals surface area contributed by atoms with Gasteiger partial charge in [-0.2, -0.15) is 4.31 Å². The van der Waals surface area contributed by atoms with E-state index in [2.05, 4.69) is 5.32 Å². The Hall–Kier alpha value is -1.35. The molecule has 1 aromatic rings. The average Bonchev–Trinajstić information content (AvgIpc) is 3.32. The number of carbonyl (C=O) groups is 1. The number of ether oxygens (including phenoxy) is 2. The second-order valence-corrected chi connectivity index (χ2v) is 8.77. The highest BCUT2D eigenvalue weighted by Crippen LogP contribution is 2.31. The van der Waals surface area contributed by atoms with Crippen molar-refractivity contribution in [3.8, 4) is 5.75 Å². The van der Waals surface area contributed by atoms with E-state index in [-0.39, 0.29) is 29.3 Å². The highest BCUT2D eigenvalue weighted by molar-refractivity contribution is 7.89. The molecular weight excluding hydrogens is 380 g/mol. The van der Waals surface area contributed by atoms with Crippen LogP contribution in [-0.2, 0) is 19.6 Å². The minimum atomic E-state index is -3.69. The van der Waals surface area contributed by atoms with E-state index in [0.717, 1.165) is 32.3 Å². The number of hydrogen-bond acceptors (Lipinski definition) is 5. The van der Waals surface area contributed by atoms with Crippen LogP contribution in [-0.4, -0.2) is 57.6 Å². The SMILES string of the molecule is O=C(COc1ccc(Cl)cc1S(=O)(=O)N1CCCC1)NC[C@@H]1CCCO1. The van der Waals surface area contributed by atoms with Gasteiger partial charge in [-0.15, -0.1) is 0 Å². The third-order valence-corrected chi connectivity index (χ3v) is 6.65. The number of carbonyl (C=O) groups excluding carboxylic acids is 1. The van der Waals surface area contributed by atoms with Gasteiger partial charge in [0, 0.05) is 31.3 Å². The van der Waals surface area contributed by atoms with Crippen molar-refractivity contribution >= 4 is 27.5 Å². The van der Waals surface area contributed by atoms with Crippen LogP contribution < -0.4 is 10.1 Å². The van der Waals surface area contributed by atoms with Gasteiger partial charge in [-0.3, -0.25) is 4.79 Å². The summed E-state index contributed by atoms with van der Waals surface area (Å²) < 4.78 is 38.0. The van der Waals surface area contributed by atoms with Crippen LogP contribution in [0.3, 0.4) is 0 Å². The van der Waals surface area contributed by atoms with Gasteiger partial charge in [-0.05, 0) is 43.9 Å². The maximum atomic E-state index is 12.8. The smallest absolute Gasteiger partial charge is 0.258 e. The Morgan fingerprint density at radius 3 is 2.77 bits per heavy atom. The Labute approximate surface area is 158 Å². The fraction of sp³-hybridized carbons (Fsp3) is 0.588. The molecule has 7 nitrogen and oxygen atoms in total. The van der Waals surface area contributed by atoms with Gasteiger partial charge in [0.15, 0.2) is 6.61 Å². The second-order valence-electron chi connectivity index (χ2n) is 6.43. The molecule has 1 N–H and O–H groups in total. The van der Waals surface area contributed by atoms with E-state index in [4.69, 9.17) is 21.1 Å². The van der Waals surface area contributed by atoms with Crippen LogP contribution in [0.1, 0.15) is 25.7 Å². The number of sulfonamides is 1. The fourth-order valence-corrected chi connectivity index (χ4v) is 5.01. The van der Waals surface area contributed by atoms with Crippen molar-refractivity contribution in [1.29, 1.82) is 0 Å². The molecule has 9 heteroatoms. The first-order valence-electron chi connectivity index (χ1n) is 8.77. The molecule has 144 valence electrons. The molecule has 0 saturated carbocycles. The third kappa shape index (κ3) is 4.68. The van der Waals surface area contributed by atoms with Crippen molar-refractivity contribution in [2.24, 2.45) is 0 Å². The maximum Gasteiger partial charge on any atom is 0.258 e. The largest absolute Gasteiger partial charge is 0.482 e. The lowest BCUT2D eigenvalue weighted by Gasteiger charge is -2.18. The molecule has 2 heterocycles. The molecule has 3 rings (SSSR count). The summed E-state index contributed by atoms with van der Waals surface area (Å²) >= 11 is 5.98. The number of nitrogens with one attached hydrogen (secondary N) is 1. The molecular formula is C17H23ClN2O5S. The van der Waals surface area contributed by atoms with E-state index in [0.29, 0.717) is 24.7 Å². The molecule has 1 aromatic carbocycles. The molecule has 2 fully saturated rings. The lowest BCUT2D eigenvalue weighted by molar-refractivity contribution is -0.123. The molecule has 0 aromatic heterocycles. The predicted octanol–water partition coefficient (Wildman–Crippen LogP) is 1.80. The number of benzene rings is 1. The van der Waals surface area contributed by atoms with E-state index in [1.807, 2.05) is 0 Å².